The number of hydrogen-bond donors (Lipinski definition) is 0. The van der Waals surface area contributed by atoms with Crippen LogP contribution >= 0.6 is 11.6 Å². The molecule has 0 aliphatic carbocycles. The van der Waals surface area contributed by atoms with E-state index in [0.717, 1.165) is 38.2 Å². The zero-order chi connectivity index (χ0) is 17.2. The Hall–Kier alpha value is -1.46. The summed E-state index contributed by atoms with van der Waals surface area (Å²) in [7, 11) is 0. The van der Waals surface area contributed by atoms with Gasteiger partial charge in [-0.1, -0.05) is 18.5 Å². The maximum absolute atomic E-state index is 13.9. The lowest BCUT2D eigenvalue weighted by Gasteiger charge is -2.42. The fourth-order valence-electron chi connectivity index (χ4n) is 3.44. The number of nitrogens with zero attached hydrogens (tertiary/aromatic N) is 2. The van der Waals surface area contributed by atoms with Crippen LogP contribution in [0.1, 0.15) is 31.7 Å². The second-order valence-corrected chi connectivity index (χ2v) is 6.88. The van der Waals surface area contributed by atoms with E-state index in [-0.39, 0.29) is 17.8 Å². The Kier molecular flexibility index (Phi) is 5.21. The van der Waals surface area contributed by atoms with Crippen molar-refractivity contribution in [2.24, 2.45) is 5.41 Å². The summed E-state index contributed by atoms with van der Waals surface area (Å²) in [5.41, 5.74) is 1.36. The highest BCUT2D eigenvalue weighted by molar-refractivity contribution is 6.32. The van der Waals surface area contributed by atoms with E-state index in [0.29, 0.717) is 17.1 Å². The van der Waals surface area contributed by atoms with Crippen molar-refractivity contribution in [3.8, 4) is 0 Å². The molecular weight excluding hydrogens is 334 g/mol. The SMILES string of the molecule is CCC1(CN2CC(F)=CC=C2c2cc(F)ncc2Cl)CCOCC1. The third-order valence-electron chi connectivity index (χ3n) is 5.03. The summed E-state index contributed by atoms with van der Waals surface area (Å²) in [6.07, 6.45) is 7.26. The zero-order valence-corrected chi connectivity index (χ0v) is 14.5. The van der Waals surface area contributed by atoms with Gasteiger partial charge in [0.25, 0.3) is 0 Å². The number of rotatable bonds is 4. The largest absolute Gasteiger partial charge is 0.381 e. The first-order chi connectivity index (χ1) is 11.5. The number of allylic oxidation sites excluding steroid dienone is 2. The van der Waals surface area contributed by atoms with E-state index < -0.39 is 5.95 Å². The van der Waals surface area contributed by atoms with Crippen LogP contribution in [0.15, 0.2) is 30.2 Å². The second-order valence-electron chi connectivity index (χ2n) is 6.47. The Balaban J connectivity index is 1.92. The van der Waals surface area contributed by atoms with E-state index in [1.165, 1.54) is 18.3 Å². The summed E-state index contributed by atoms with van der Waals surface area (Å²) in [4.78, 5) is 5.53. The van der Waals surface area contributed by atoms with Crippen LogP contribution in [0.25, 0.3) is 5.70 Å². The van der Waals surface area contributed by atoms with Crippen LogP contribution < -0.4 is 0 Å². The Morgan fingerprint density at radius 3 is 2.75 bits per heavy atom. The van der Waals surface area contributed by atoms with Crippen molar-refractivity contribution >= 4 is 17.3 Å². The summed E-state index contributed by atoms with van der Waals surface area (Å²) in [6.45, 7) is 4.48. The molecule has 0 bridgehead atoms. The molecule has 24 heavy (non-hydrogen) atoms. The van der Waals surface area contributed by atoms with E-state index in [1.807, 2.05) is 4.90 Å². The molecule has 0 atom stereocenters. The molecule has 0 N–H and O–H groups in total. The molecule has 2 aliphatic rings. The van der Waals surface area contributed by atoms with Crippen molar-refractivity contribution < 1.29 is 13.5 Å². The molecule has 1 aromatic heterocycles. The summed E-state index contributed by atoms with van der Waals surface area (Å²) in [5.74, 6) is -0.802. The molecule has 1 fully saturated rings. The standard InChI is InChI=1S/C18H21ClF2N2O/c1-2-18(5-7-24-8-6-18)12-23-11-13(20)3-4-16(23)14-9-17(21)22-10-15(14)19/h3-4,9-10H,2,5-8,11-12H2,1H3. The van der Waals surface area contributed by atoms with Crippen LogP contribution in [-0.2, 0) is 4.74 Å². The molecule has 3 nitrogen and oxygen atoms in total. The van der Waals surface area contributed by atoms with Gasteiger partial charge in [0.15, 0.2) is 0 Å². The van der Waals surface area contributed by atoms with Crippen molar-refractivity contribution in [2.45, 2.75) is 26.2 Å². The predicted molar refractivity (Wildman–Crippen MR) is 90.7 cm³/mol. The Morgan fingerprint density at radius 1 is 1.29 bits per heavy atom. The van der Waals surface area contributed by atoms with Gasteiger partial charge in [-0.05, 0) is 36.8 Å². The van der Waals surface area contributed by atoms with Crippen LogP contribution in [-0.4, -0.2) is 36.2 Å². The molecule has 3 rings (SSSR count). The van der Waals surface area contributed by atoms with Crippen LogP contribution in [0, 0.1) is 11.4 Å². The maximum atomic E-state index is 13.9. The lowest BCUT2D eigenvalue weighted by molar-refractivity contribution is 0.00140. The lowest BCUT2D eigenvalue weighted by atomic mass is 9.77. The molecule has 0 unspecified atom stereocenters. The van der Waals surface area contributed by atoms with E-state index in [2.05, 4.69) is 11.9 Å². The third-order valence-corrected chi connectivity index (χ3v) is 5.33. The summed E-state index contributed by atoms with van der Waals surface area (Å²) in [5, 5.41) is 0.362. The van der Waals surface area contributed by atoms with Crippen LogP contribution in [0.4, 0.5) is 8.78 Å². The van der Waals surface area contributed by atoms with Gasteiger partial charge in [0, 0.05) is 43.3 Å². The van der Waals surface area contributed by atoms with Crippen molar-refractivity contribution in [1.82, 2.24) is 9.88 Å². The number of ether oxygens (including phenoxy) is 1. The topological polar surface area (TPSA) is 25.4 Å². The number of aromatic nitrogens is 1. The molecule has 0 saturated carbocycles. The minimum absolute atomic E-state index is 0.0764. The average Bonchev–Trinajstić information content (AvgIpc) is 2.58. The van der Waals surface area contributed by atoms with Gasteiger partial charge in [0.05, 0.1) is 11.6 Å². The van der Waals surface area contributed by atoms with Gasteiger partial charge in [0.2, 0.25) is 5.95 Å². The Bertz CT molecular complexity index is 669. The fourth-order valence-corrected chi connectivity index (χ4v) is 3.64. The molecule has 6 heteroatoms. The van der Waals surface area contributed by atoms with Crippen LogP contribution in [0.2, 0.25) is 5.02 Å². The van der Waals surface area contributed by atoms with Crippen molar-refractivity contribution in [1.29, 1.82) is 0 Å². The summed E-state index contributed by atoms with van der Waals surface area (Å²) in [6, 6.07) is 1.31. The molecule has 130 valence electrons. The number of pyridine rings is 1. The lowest BCUT2D eigenvalue weighted by Crippen LogP contribution is -2.41. The summed E-state index contributed by atoms with van der Waals surface area (Å²) >= 11 is 6.21. The molecule has 1 aromatic rings. The van der Waals surface area contributed by atoms with Gasteiger partial charge in [-0.15, -0.1) is 0 Å². The van der Waals surface area contributed by atoms with Gasteiger partial charge in [0.1, 0.15) is 5.83 Å². The molecule has 0 amide bonds. The highest BCUT2D eigenvalue weighted by Crippen LogP contribution is 2.39. The van der Waals surface area contributed by atoms with Gasteiger partial charge >= 0.3 is 0 Å². The van der Waals surface area contributed by atoms with Gasteiger partial charge in [-0.2, -0.15) is 4.39 Å². The first-order valence-corrected chi connectivity index (χ1v) is 8.61. The second kappa shape index (κ2) is 7.19. The van der Waals surface area contributed by atoms with E-state index in [9.17, 15) is 8.78 Å². The van der Waals surface area contributed by atoms with Crippen molar-refractivity contribution in [3.63, 3.8) is 0 Å². The molecular formula is C18H21ClF2N2O. The van der Waals surface area contributed by atoms with Crippen LogP contribution in [0.5, 0.6) is 0 Å². The monoisotopic (exact) mass is 354 g/mol. The fraction of sp³-hybridized carbons (Fsp3) is 0.500. The van der Waals surface area contributed by atoms with Gasteiger partial charge in [-0.3, -0.25) is 0 Å². The average molecular weight is 355 g/mol. The molecule has 2 aliphatic heterocycles. The predicted octanol–water partition coefficient (Wildman–Crippen LogP) is 4.59. The molecule has 1 saturated heterocycles. The van der Waals surface area contributed by atoms with Crippen molar-refractivity contribution in [2.75, 3.05) is 26.3 Å². The van der Waals surface area contributed by atoms with Gasteiger partial charge < -0.3 is 9.64 Å². The number of halogens is 3. The molecule has 3 heterocycles. The quantitative estimate of drug-likeness (QED) is 0.739. The molecule has 0 aromatic carbocycles. The van der Waals surface area contributed by atoms with Crippen LogP contribution in [0.3, 0.4) is 0 Å². The maximum Gasteiger partial charge on any atom is 0.213 e. The first-order valence-electron chi connectivity index (χ1n) is 8.23. The highest BCUT2D eigenvalue weighted by Gasteiger charge is 2.34. The van der Waals surface area contributed by atoms with Gasteiger partial charge in [-0.25, -0.2) is 9.37 Å². The normalized spacial score (nSPS) is 20.6. The Morgan fingerprint density at radius 2 is 2.04 bits per heavy atom. The van der Waals surface area contributed by atoms with Crippen molar-refractivity contribution in [3.05, 3.63) is 46.8 Å². The summed E-state index contributed by atoms with van der Waals surface area (Å²) < 4.78 is 33.0. The number of hydrogen-bond acceptors (Lipinski definition) is 3. The molecule has 0 radical (unpaired) electrons. The first kappa shape index (κ1) is 17.4. The smallest absolute Gasteiger partial charge is 0.213 e. The minimum Gasteiger partial charge on any atom is -0.381 e. The van der Waals surface area contributed by atoms with E-state index in [1.54, 1.807) is 6.08 Å². The van der Waals surface area contributed by atoms with E-state index in [4.69, 9.17) is 16.3 Å². The highest BCUT2D eigenvalue weighted by atomic mass is 35.5. The minimum atomic E-state index is -0.596. The molecule has 0 spiro atoms. The zero-order valence-electron chi connectivity index (χ0n) is 13.7. The third kappa shape index (κ3) is 3.62. The Labute approximate surface area is 146 Å². The van der Waals surface area contributed by atoms with E-state index >= 15 is 0 Å².